The van der Waals surface area contributed by atoms with Gasteiger partial charge in [0.1, 0.15) is 5.75 Å². The van der Waals surface area contributed by atoms with Crippen molar-refractivity contribution >= 4 is 51.4 Å². The normalized spacial score (nSPS) is 12.1. The van der Waals surface area contributed by atoms with E-state index >= 15 is 0 Å². The molecular formula is C22H24Cl3N3O2. The molecule has 2 aromatic carbocycles. The van der Waals surface area contributed by atoms with Gasteiger partial charge in [0.15, 0.2) is 11.5 Å². The summed E-state index contributed by atoms with van der Waals surface area (Å²) in [7, 11) is 1.59. The van der Waals surface area contributed by atoms with Crippen LogP contribution in [0, 0.1) is 6.92 Å². The number of aromatic nitrogens is 1. The second-order valence-corrected chi connectivity index (χ2v) is 8.37. The molecule has 0 amide bonds. The summed E-state index contributed by atoms with van der Waals surface area (Å²) in [5, 5.41) is 5.33. The number of nitrogens with one attached hydrogen (secondary N) is 1. The number of hydrogen-bond acceptors (Lipinski definition) is 5. The highest BCUT2D eigenvalue weighted by atomic mass is 35.5. The third-order valence-electron chi connectivity index (χ3n) is 4.70. The van der Waals surface area contributed by atoms with E-state index in [1.165, 1.54) is 0 Å². The van der Waals surface area contributed by atoms with E-state index in [4.69, 9.17) is 50.0 Å². The van der Waals surface area contributed by atoms with Crippen LogP contribution in [0.2, 0.25) is 15.1 Å². The Balaban J connectivity index is 2.06. The number of halogens is 3. The highest BCUT2D eigenvalue weighted by Crippen LogP contribution is 2.45. The van der Waals surface area contributed by atoms with E-state index < -0.39 is 0 Å². The van der Waals surface area contributed by atoms with Gasteiger partial charge < -0.3 is 20.5 Å². The van der Waals surface area contributed by atoms with E-state index in [9.17, 15) is 0 Å². The van der Waals surface area contributed by atoms with Crippen molar-refractivity contribution in [2.75, 3.05) is 19.0 Å². The van der Waals surface area contributed by atoms with Gasteiger partial charge >= 0.3 is 0 Å². The summed E-state index contributed by atoms with van der Waals surface area (Å²) >= 11 is 18.5. The maximum Gasteiger partial charge on any atom is 0.179 e. The Hall–Kier alpha value is -1.92. The quantitative estimate of drug-likeness (QED) is 0.280. The lowest BCUT2D eigenvalue weighted by Gasteiger charge is -2.19. The number of methoxy groups -OCH3 is 1. The van der Waals surface area contributed by atoms with Gasteiger partial charge in [0, 0.05) is 30.9 Å². The van der Waals surface area contributed by atoms with E-state index in [1.54, 1.807) is 25.4 Å². The number of anilines is 1. The van der Waals surface area contributed by atoms with Gasteiger partial charge in [0.25, 0.3) is 0 Å². The minimum atomic E-state index is 0.171. The molecule has 0 fully saturated rings. The van der Waals surface area contributed by atoms with E-state index in [0.717, 1.165) is 41.5 Å². The SMILES string of the molecule is COc1cc(NCCCC(C)N)c2nccc(C)c2c1Oc1cc(Cl)c(Cl)cc1Cl. The molecule has 0 aliphatic rings. The van der Waals surface area contributed by atoms with Crippen LogP contribution in [0.15, 0.2) is 30.5 Å². The molecule has 1 atom stereocenters. The van der Waals surface area contributed by atoms with Crippen molar-refractivity contribution in [2.24, 2.45) is 5.73 Å². The van der Waals surface area contributed by atoms with E-state index in [-0.39, 0.29) is 6.04 Å². The average molecular weight is 469 g/mol. The Bertz CT molecular complexity index is 1060. The summed E-state index contributed by atoms with van der Waals surface area (Å²) in [5.41, 5.74) is 8.48. The fourth-order valence-corrected chi connectivity index (χ4v) is 3.74. The van der Waals surface area contributed by atoms with Gasteiger partial charge in [-0.2, -0.15) is 0 Å². The molecule has 1 unspecified atom stereocenters. The van der Waals surface area contributed by atoms with Crippen molar-refractivity contribution < 1.29 is 9.47 Å². The lowest BCUT2D eigenvalue weighted by atomic mass is 10.1. The zero-order valence-electron chi connectivity index (χ0n) is 17.1. The third kappa shape index (κ3) is 5.03. The first-order chi connectivity index (χ1) is 14.3. The molecule has 3 N–H and O–H groups in total. The molecule has 0 aliphatic heterocycles. The van der Waals surface area contributed by atoms with Gasteiger partial charge in [0.2, 0.25) is 0 Å². The van der Waals surface area contributed by atoms with Crippen molar-refractivity contribution in [1.29, 1.82) is 0 Å². The van der Waals surface area contributed by atoms with E-state index in [0.29, 0.717) is 32.3 Å². The molecule has 3 rings (SSSR count). The monoisotopic (exact) mass is 467 g/mol. The summed E-state index contributed by atoms with van der Waals surface area (Å²) in [5.74, 6) is 1.45. The zero-order valence-corrected chi connectivity index (χ0v) is 19.3. The number of hydrogen-bond donors (Lipinski definition) is 2. The van der Waals surface area contributed by atoms with E-state index in [2.05, 4.69) is 10.3 Å². The third-order valence-corrected chi connectivity index (χ3v) is 5.72. The Morgan fingerprint density at radius 3 is 2.53 bits per heavy atom. The number of aryl methyl sites for hydroxylation is 1. The standard InChI is InChI=1S/C22H24Cl3N3O2/c1-12-6-8-28-21-17(27-7-4-5-13(2)26)11-19(29-3)22(20(12)21)30-18-10-15(24)14(23)9-16(18)25/h6,8-11,13,27H,4-5,7,26H2,1-3H3. The van der Waals surface area contributed by atoms with Crippen molar-refractivity contribution in [3.8, 4) is 17.2 Å². The van der Waals surface area contributed by atoms with Gasteiger partial charge in [-0.3, -0.25) is 4.98 Å². The number of benzene rings is 2. The molecule has 1 aromatic heterocycles. The number of ether oxygens (including phenoxy) is 2. The van der Waals surface area contributed by atoms with Crippen LogP contribution in [0.5, 0.6) is 17.2 Å². The zero-order chi connectivity index (χ0) is 21.8. The summed E-state index contributed by atoms with van der Waals surface area (Å²) in [6.07, 6.45) is 3.66. The van der Waals surface area contributed by atoms with Crippen molar-refractivity contribution in [3.63, 3.8) is 0 Å². The van der Waals surface area contributed by atoms with Gasteiger partial charge in [-0.25, -0.2) is 0 Å². The molecule has 3 aromatic rings. The molecule has 0 saturated carbocycles. The number of pyridine rings is 1. The maximum absolute atomic E-state index is 6.33. The molecule has 0 spiro atoms. The first kappa shape index (κ1) is 22.8. The molecule has 0 aliphatic carbocycles. The molecule has 0 saturated heterocycles. The fraction of sp³-hybridized carbons (Fsp3) is 0.318. The predicted octanol–water partition coefficient (Wildman–Crippen LogP) is 6.84. The molecule has 5 nitrogen and oxygen atoms in total. The highest BCUT2D eigenvalue weighted by Gasteiger charge is 2.19. The summed E-state index contributed by atoms with van der Waals surface area (Å²) in [6.45, 7) is 4.77. The number of nitrogens with two attached hydrogens (primary N) is 1. The minimum absolute atomic E-state index is 0.171. The van der Waals surface area contributed by atoms with Crippen LogP contribution in [-0.2, 0) is 0 Å². The Morgan fingerprint density at radius 2 is 1.83 bits per heavy atom. The lowest BCUT2D eigenvalue weighted by molar-refractivity contribution is 0.381. The molecule has 1 heterocycles. The van der Waals surface area contributed by atoms with E-state index in [1.807, 2.05) is 26.0 Å². The number of rotatable bonds is 8. The Morgan fingerprint density at radius 1 is 1.10 bits per heavy atom. The second kappa shape index (κ2) is 9.92. The minimum Gasteiger partial charge on any atom is -0.493 e. The van der Waals surface area contributed by atoms with Gasteiger partial charge in [-0.15, -0.1) is 0 Å². The lowest BCUT2D eigenvalue weighted by Crippen LogP contribution is -2.16. The van der Waals surface area contributed by atoms with Crippen LogP contribution in [-0.4, -0.2) is 24.7 Å². The molecule has 8 heteroatoms. The van der Waals surface area contributed by atoms with Crippen LogP contribution < -0.4 is 20.5 Å². The van der Waals surface area contributed by atoms with Crippen LogP contribution in [0.25, 0.3) is 10.9 Å². The van der Waals surface area contributed by atoms with Crippen molar-refractivity contribution in [1.82, 2.24) is 4.98 Å². The molecule has 160 valence electrons. The summed E-state index contributed by atoms with van der Waals surface area (Å²) < 4.78 is 11.8. The predicted molar refractivity (Wildman–Crippen MR) is 126 cm³/mol. The van der Waals surface area contributed by atoms with Gasteiger partial charge in [0.05, 0.1) is 38.8 Å². The van der Waals surface area contributed by atoms with Crippen LogP contribution in [0.1, 0.15) is 25.3 Å². The molecule has 0 radical (unpaired) electrons. The van der Waals surface area contributed by atoms with Crippen LogP contribution in [0.4, 0.5) is 5.69 Å². The molecule has 0 bridgehead atoms. The molecular weight excluding hydrogens is 445 g/mol. The highest BCUT2D eigenvalue weighted by molar-refractivity contribution is 6.43. The van der Waals surface area contributed by atoms with Crippen LogP contribution in [0.3, 0.4) is 0 Å². The summed E-state index contributed by atoms with van der Waals surface area (Å²) in [6, 6.07) is 7.11. The first-order valence-electron chi connectivity index (χ1n) is 9.60. The maximum atomic E-state index is 6.33. The summed E-state index contributed by atoms with van der Waals surface area (Å²) in [4.78, 5) is 4.58. The topological polar surface area (TPSA) is 69.4 Å². The Kier molecular flexibility index (Phi) is 7.53. The second-order valence-electron chi connectivity index (χ2n) is 7.15. The fourth-order valence-electron chi connectivity index (χ4n) is 3.16. The smallest absolute Gasteiger partial charge is 0.179 e. The number of nitrogens with zero attached hydrogens (tertiary/aromatic N) is 1. The largest absolute Gasteiger partial charge is 0.493 e. The van der Waals surface area contributed by atoms with Crippen LogP contribution >= 0.6 is 34.8 Å². The van der Waals surface area contributed by atoms with Gasteiger partial charge in [-0.1, -0.05) is 34.8 Å². The Labute approximate surface area is 191 Å². The van der Waals surface area contributed by atoms with Crippen molar-refractivity contribution in [2.45, 2.75) is 32.7 Å². The average Bonchev–Trinajstić information content (AvgIpc) is 2.70. The first-order valence-corrected chi connectivity index (χ1v) is 10.7. The van der Waals surface area contributed by atoms with Crippen molar-refractivity contribution in [3.05, 3.63) is 51.1 Å². The number of fused-ring (bicyclic) bond motifs is 1. The van der Waals surface area contributed by atoms with Gasteiger partial charge in [-0.05, 0) is 44.4 Å². The molecule has 30 heavy (non-hydrogen) atoms.